The van der Waals surface area contributed by atoms with Crippen molar-refractivity contribution >= 4 is 21.9 Å². The summed E-state index contributed by atoms with van der Waals surface area (Å²) in [5.41, 5.74) is 3.31. The lowest BCUT2D eigenvalue weighted by atomic mass is 10.1. The molecule has 33 heavy (non-hydrogen) atoms. The van der Waals surface area contributed by atoms with Crippen molar-refractivity contribution in [2.45, 2.75) is 19.5 Å². The molecule has 0 fully saturated rings. The van der Waals surface area contributed by atoms with Gasteiger partial charge in [-0.15, -0.1) is 13.2 Å². The third-order valence-corrected chi connectivity index (χ3v) is 5.18. The lowest BCUT2D eigenvalue weighted by molar-refractivity contribution is -0.274. The van der Waals surface area contributed by atoms with E-state index in [-0.39, 0.29) is 12.4 Å². The summed E-state index contributed by atoms with van der Waals surface area (Å²) in [6.45, 7) is 0.625. The van der Waals surface area contributed by atoms with E-state index in [9.17, 15) is 13.2 Å². The summed E-state index contributed by atoms with van der Waals surface area (Å²) < 4.78 is 49.4. The predicted octanol–water partition coefficient (Wildman–Crippen LogP) is 6.11. The molecule has 166 valence electrons. The van der Waals surface area contributed by atoms with Gasteiger partial charge in [0.2, 0.25) is 0 Å². The molecule has 0 spiro atoms. The normalized spacial score (nSPS) is 11.7. The molecule has 0 radical (unpaired) electrons. The van der Waals surface area contributed by atoms with Gasteiger partial charge in [-0.25, -0.2) is 4.98 Å². The molecule has 0 aliphatic heterocycles. The standard InChI is InChI=1S/C25H18F3N3O2/c26-25(27,28)33-19-10-8-17(9-11-19)15-31-23(16-32-18-5-2-1-3-6-18)30-22-13-12-21-20(24(22)31)7-4-14-29-21/h1-14H,15-16H2. The fraction of sp³-hybridized carbons (Fsp3) is 0.120. The average Bonchev–Trinajstić information content (AvgIpc) is 3.16. The maximum Gasteiger partial charge on any atom is 0.573 e. The van der Waals surface area contributed by atoms with E-state index in [0.29, 0.717) is 12.4 Å². The second-order valence-electron chi connectivity index (χ2n) is 7.41. The summed E-state index contributed by atoms with van der Waals surface area (Å²) in [6, 6.07) is 22.9. The largest absolute Gasteiger partial charge is 0.573 e. The lowest BCUT2D eigenvalue weighted by Gasteiger charge is -2.13. The first kappa shape index (κ1) is 20.8. The van der Waals surface area contributed by atoms with Crippen molar-refractivity contribution in [3.63, 3.8) is 0 Å². The highest BCUT2D eigenvalue weighted by molar-refractivity contribution is 6.03. The second kappa shape index (κ2) is 8.46. The van der Waals surface area contributed by atoms with Crippen molar-refractivity contribution in [2.75, 3.05) is 0 Å². The van der Waals surface area contributed by atoms with Gasteiger partial charge in [0, 0.05) is 18.1 Å². The minimum atomic E-state index is -4.73. The Morgan fingerprint density at radius 3 is 2.30 bits per heavy atom. The summed E-state index contributed by atoms with van der Waals surface area (Å²) in [4.78, 5) is 9.21. The van der Waals surface area contributed by atoms with E-state index in [4.69, 9.17) is 9.72 Å². The van der Waals surface area contributed by atoms with Gasteiger partial charge in [-0.1, -0.05) is 30.3 Å². The van der Waals surface area contributed by atoms with Gasteiger partial charge in [0.25, 0.3) is 0 Å². The van der Waals surface area contributed by atoms with Crippen molar-refractivity contribution in [2.24, 2.45) is 0 Å². The quantitative estimate of drug-likeness (QED) is 0.314. The van der Waals surface area contributed by atoms with Gasteiger partial charge in [-0.2, -0.15) is 0 Å². The van der Waals surface area contributed by atoms with Gasteiger partial charge in [-0.05, 0) is 54.1 Å². The first-order chi connectivity index (χ1) is 16.0. The Morgan fingerprint density at radius 1 is 0.788 bits per heavy atom. The van der Waals surface area contributed by atoms with Crippen LogP contribution in [0.1, 0.15) is 11.4 Å². The molecule has 0 aliphatic rings. The molecule has 2 heterocycles. The number of rotatable bonds is 6. The van der Waals surface area contributed by atoms with Crippen LogP contribution in [0, 0.1) is 0 Å². The zero-order chi connectivity index (χ0) is 22.8. The highest BCUT2D eigenvalue weighted by Crippen LogP contribution is 2.28. The van der Waals surface area contributed by atoms with Crippen LogP contribution in [-0.4, -0.2) is 20.9 Å². The Morgan fingerprint density at radius 2 is 1.55 bits per heavy atom. The van der Waals surface area contributed by atoms with Gasteiger partial charge in [0.15, 0.2) is 0 Å². The average molecular weight is 449 g/mol. The third-order valence-electron chi connectivity index (χ3n) is 5.18. The molecule has 0 aliphatic carbocycles. The summed E-state index contributed by atoms with van der Waals surface area (Å²) in [5.74, 6) is 1.15. The Balaban J connectivity index is 1.53. The van der Waals surface area contributed by atoms with Crippen molar-refractivity contribution in [3.05, 3.63) is 96.4 Å². The molecule has 3 aromatic carbocycles. The highest BCUT2D eigenvalue weighted by Gasteiger charge is 2.31. The monoisotopic (exact) mass is 449 g/mol. The number of nitrogens with zero attached hydrogens (tertiary/aromatic N) is 3. The first-order valence-corrected chi connectivity index (χ1v) is 10.2. The topological polar surface area (TPSA) is 49.2 Å². The Hall–Kier alpha value is -4.07. The van der Waals surface area contributed by atoms with Gasteiger partial charge >= 0.3 is 6.36 Å². The Labute approximate surface area is 187 Å². The van der Waals surface area contributed by atoms with E-state index < -0.39 is 6.36 Å². The van der Waals surface area contributed by atoms with Gasteiger partial charge < -0.3 is 14.0 Å². The number of benzene rings is 3. The first-order valence-electron chi connectivity index (χ1n) is 10.2. The molecule has 0 saturated carbocycles. The number of fused-ring (bicyclic) bond motifs is 3. The van der Waals surface area contributed by atoms with E-state index in [2.05, 4.69) is 9.72 Å². The van der Waals surface area contributed by atoms with Crippen LogP contribution in [0.4, 0.5) is 13.2 Å². The number of para-hydroxylation sites is 1. The minimum absolute atomic E-state index is 0.232. The molecule has 0 atom stereocenters. The minimum Gasteiger partial charge on any atom is -0.486 e. The zero-order valence-corrected chi connectivity index (χ0v) is 17.3. The van der Waals surface area contributed by atoms with Gasteiger partial charge in [-0.3, -0.25) is 4.98 Å². The molecule has 8 heteroatoms. The SMILES string of the molecule is FC(F)(F)Oc1ccc(Cn2c(COc3ccccc3)nc3ccc4ncccc4c32)cc1. The molecule has 5 rings (SSSR count). The molecule has 2 aromatic heterocycles. The van der Waals surface area contributed by atoms with E-state index in [0.717, 1.165) is 33.2 Å². The smallest absolute Gasteiger partial charge is 0.486 e. The molecule has 0 bridgehead atoms. The molecular formula is C25H18F3N3O2. The number of halogens is 3. The molecule has 5 aromatic rings. The van der Waals surface area contributed by atoms with Crippen LogP contribution in [0.15, 0.2) is 85.1 Å². The molecule has 5 nitrogen and oxygen atoms in total. The number of hydrogen-bond donors (Lipinski definition) is 0. The summed E-state index contributed by atoms with van der Waals surface area (Å²) in [6.07, 6.45) is -3.00. The highest BCUT2D eigenvalue weighted by atomic mass is 19.4. The van der Waals surface area contributed by atoms with Crippen LogP contribution < -0.4 is 9.47 Å². The third kappa shape index (κ3) is 4.59. The second-order valence-corrected chi connectivity index (χ2v) is 7.41. The van der Waals surface area contributed by atoms with E-state index in [1.54, 1.807) is 18.3 Å². The molecule has 0 amide bonds. The zero-order valence-electron chi connectivity index (χ0n) is 17.3. The maximum absolute atomic E-state index is 12.5. The fourth-order valence-electron chi connectivity index (χ4n) is 3.75. The summed E-state index contributed by atoms with van der Waals surface area (Å²) in [7, 11) is 0. The van der Waals surface area contributed by atoms with Crippen molar-refractivity contribution in [1.82, 2.24) is 14.5 Å². The van der Waals surface area contributed by atoms with E-state index in [1.807, 2.05) is 59.2 Å². The van der Waals surface area contributed by atoms with Crippen LogP contribution in [0.3, 0.4) is 0 Å². The molecule has 0 N–H and O–H groups in total. The number of pyridine rings is 1. The van der Waals surface area contributed by atoms with E-state index >= 15 is 0 Å². The Bertz CT molecular complexity index is 1400. The van der Waals surface area contributed by atoms with Gasteiger partial charge in [0.05, 0.1) is 16.6 Å². The van der Waals surface area contributed by atoms with Crippen LogP contribution in [0.5, 0.6) is 11.5 Å². The number of ether oxygens (including phenoxy) is 2. The fourth-order valence-corrected chi connectivity index (χ4v) is 3.75. The molecule has 0 unspecified atom stereocenters. The summed E-state index contributed by atoms with van der Waals surface area (Å²) >= 11 is 0. The van der Waals surface area contributed by atoms with Crippen LogP contribution >= 0.6 is 0 Å². The van der Waals surface area contributed by atoms with Crippen LogP contribution in [0.25, 0.3) is 21.9 Å². The predicted molar refractivity (Wildman–Crippen MR) is 118 cm³/mol. The number of imidazole rings is 1. The van der Waals surface area contributed by atoms with Crippen LogP contribution in [-0.2, 0) is 13.2 Å². The summed E-state index contributed by atoms with van der Waals surface area (Å²) in [5, 5.41) is 0.936. The maximum atomic E-state index is 12.5. The molecule has 0 saturated heterocycles. The van der Waals surface area contributed by atoms with Crippen molar-refractivity contribution < 1.29 is 22.6 Å². The van der Waals surface area contributed by atoms with E-state index in [1.165, 1.54) is 12.1 Å². The molecular weight excluding hydrogens is 431 g/mol. The van der Waals surface area contributed by atoms with Gasteiger partial charge in [0.1, 0.15) is 23.9 Å². The Kier molecular flexibility index (Phi) is 5.34. The van der Waals surface area contributed by atoms with Crippen molar-refractivity contribution in [3.8, 4) is 11.5 Å². The number of alkyl halides is 3. The number of aromatic nitrogens is 3. The lowest BCUT2D eigenvalue weighted by Crippen LogP contribution is -2.17. The van der Waals surface area contributed by atoms with Crippen LogP contribution in [0.2, 0.25) is 0 Å². The number of hydrogen-bond acceptors (Lipinski definition) is 4. The van der Waals surface area contributed by atoms with Crippen molar-refractivity contribution in [1.29, 1.82) is 0 Å².